The number of methoxy groups -OCH3 is 1. The molecule has 0 aliphatic carbocycles. The van der Waals surface area contributed by atoms with E-state index >= 15 is 0 Å². The number of carbonyl (C=O) groups is 1. The lowest BCUT2D eigenvalue weighted by molar-refractivity contribution is -0.136. The van der Waals surface area contributed by atoms with Gasteiger partial charge in [0.05, 0.1) is 13.7 Å². The van der Waals surface area contributed by atoms with Gasteiger partial charge in [-0.15, -0.1) is 0 Å². The molecule has 110 valence electrons. The Bertz CT molecular complexity index is 501. The van der Waals surface area contributed by atoms with Gasteiger partial charge in [-0.2, -0.15) is 0 Å². The molecule has 0 radical (unpaired) electrons. The zero-order valence-electron chi connectivity index (χ0n) is 11.7. The van der Waals surface area contributed by atoms with Gasteiger partial charge in [-0.3, -0.25) is 4.79 Å². The van der Waals surface area contributed by atoms with E-state index in [-0.39, 0.29) is 12.5 Å². The first kappa shape index (κ1) is 15.3. The van der Waals surface area contributed by atoms with Crippen molar-refractivity contribution in [2.45, 2.75) is 18.5 Å². The molecule has 1 saturated heterocycles. The molecule has 1 atom stereocenters. The molecule has 1 amide bonds. The Balaban J connectivity index is 2.13. The van der Waals surface area contributed by atoms with Gasteiger partial charge in [0, 0.05) is 30.2 Å². The molecule has 2 rings (SSSR count). The highest BCUT2D eigenvalue weighted by atomic mass is 79.9. The fourth-order valence-electron chi connectivity index (χ4n) is 2.33. The van der Waals surface area contributed by atoms with Crippen LogP contribution in [0.15, 0.2) is 22.7 Å². The van der Waals surface area contributed by atoms with E-state index in [0.717, 1.165) is 15.8 Å². The minimum atomic E-state index is -0.895. The molecule has 0 bridgehead atoms. The molecule has 20 heavy (non-hydrogen) atoms. The summed E-state index contributed by atoms with van der Waals surface area (Å²) in [5.74, 6) is 0.652. The topological polar surface area (TPSA) is 64.8 Å². The quantitative estimate of drug-likeness (QED) is 0.901. The summed E-state index contributed by atoms with van der Waals surface area (Å²) < 4.78 is 11.5. The summed E-state index contributed by atoms with van der Waals surface area (Å²) in [4.78, 5) is 14.0. The number of ether oxygens (including phenoxy) is 2. The molecule has 1 aliphatic rings. The highest BCUT2D eigenvalue weighted by Crippen LogP contribution is 2.25. The average Bonchev–Trinajstić information content (AvgIpc) is 2.86. The van der Waals surface area contributed by atoms with Gasteiger partial charge in [-0.05, 0) is 24.6 Å². The van der Waals surface area contributed by atoms with Gasteiger partial charge in [0.25, 0.3) is 0 Å². The summed E-state index contributed by atoms with van der Waals surface area (Å²) in [6.45, 7) is 1.27. The van der Waals surface area contributed by atoms with Gasteiger partial charge in [-0.1, -0.05) is 15.9 Å². The maximum atomic E-state index is 12.4. The summed E-state index contributed by atoms with van der Waals surface area (Å²) in [6, 6.07) is 5.71. The van der Waals surface area contributed by atoms with Crippen LogP contribution >= 0.6 is 15.9 Å². The van der Waals surface area contributed by atoms with Crippen molar-refractivity contribution in [3.8, 4) is 5.75 Å². The largest absolute Gasteiger partial charge is 0.496 e. The summed E-state index contributed by atoms with van der Waals surface area (Å²) in [5.41, 5.74) is 6.14. The average molecular weight is 343 g/mol. The Morgan fingerprint density at radius 1 is 1.60 bits per heavy atom. The summed E-state index contributed by atoms with van der Waals surface area (Å²) in [5, 5.41) is 0. The maximum absolute atomic E-state index is 12.4. The zero-order valence-corrected chi connectivity index (χ0v) is 13.3. The van der Waals surface area contributed by atoms with Crippen molar-refractivity contribution in [2.24, 2.45) is 5.73 Å². The Morgan fingerprint density at radius 2 is 2.35 bits per heavy atom. The molecule has 2 N–H and O–H groups in total. The molecule has 6 heteroatoms. The Kier molecular flexibility index (Phi) is 4.67. The first-order valence-corrected chi connectivity index (χ1v) is 7.20. The molecule has 5 nitrogen and oxygen atoms in total. The minimum absolute atomic E-state index is 0.1000. The van der Waals surface area contributed by atoms with E-state index < -0.39 is 5.54 Å². The van der Waals surface area contributed by atoms with Crippen molar-refractivity contribution in [3.05, 3.63) is 28.2 Å². The fourth-order valence-corrected chi connectivity index (χ4v) is 2.74. The monoisotopic (exact) mass is 342 g/mol. The second-order valence-electron chi connectivity index (χ2n) is 5.08. The Labute approximate surface area is 127 Å². The van der Waals surface area contributed by atoms with Crippen molar-refractivity contribution in [3.63, 3.8) is 0 Å². The van der Waals surface area contributed by atoms with Gasteiger partial charge < -0.3 is 20.1 Å². The Hall–Kier alpha value is -1.11. The van der Waals surface area contributed by atoms with Crippen molar-refractivity contribution in [1.29, 1.82) is 0 Å². The highest BCUT2D eigenvalue weighted by molar-refractivity contribution is 9.10. The molecule has 0 saturated carbocycles. The molecule has 1 unspecified atom stereocenters. The molecule has 0 aromatic heterocycles. The summed E-state index contributed by atoms with van der Waals surface area (Å²) >= 11 is 3.43. The maximum Gasteiger partial charge on any atom is 0.245 e. The van der Waals surface area contributed by atoms with Crippen molar-refractivity contribution in [2.75, 3.05) is 27.4 Å². The number of rotatable bonds is 4. The lowest BCUT2D eigenvalue weighted by Gasteiger charge is -2.28. The zero-order chi connectivity index (χ0) is 14.8. The first-order valence-electron chi connectivity index (χ1n) is 6.41. The number of nitrogens with two attached hydrogens (primary N) is 1. The lowest BCUT2D eigenvalue weighted by Crippen LogP contribution is -2.54. The molecule has 1 fully saturated rings. The standard InChI is InChI=1S/C14H19BrN2O3/c1-17(13(18)14(16)5-6-20-9-14)8-10-7-11(15)3-4-12(10)19-2/h3-4,7H,5-6,8-9,16H2,1-2H3. The van der Waals surface area contributed by atoms with Crippen LogP contribution in [0.4, 0.5) is 0 Å². The number of hydrogen-bond donors (Lipinski definition) is 1. The van der Waals surface area contributed by atoms with E-state index in [0.29, 0.717) is 19.6 Å². The van der Waals surface area contributed by atoms with Gasteiger partial charge in [-0.25, -0.2) is 0 Å². The van der Waals surface area contributed by atoms with Crippen LogP contribution in [0.25, 0.3) is 0 Å². The van der Waals surface area contributed by atoms with Crippen LogP contribution in [0.3, 0.4) is 0 Å². The van der Waals surface area contributed by atoms with Crippen LogP contribution in [0.5, 0.6) is 5.75 Å². The van der Waals surface area contributed by atoms with Gasteiger partial charge in [0.2, 0.25) is 5.91 Å². The number of likely N-dealkylation sites (N-methyl/N-ethyl adjacent to an activating group) is 1. The number of hydrogen-bond acceptors (Lipinski definition) is 4. The van der Waals surface area contributed by atoms with Gasteiger partial charge >= 0.3 is 0 Å². The van der Waals surface area contributed by atoms with E-state index in [2.05, 4.69) is 15.9 Å². The number of amides is 1. The molecule has 1 aromatic carbocycles. The van der Waals surface area contributed by atoms with Crippen LogP contribution in [0, 0.1) is 0 Å². The van der Waals surface area contributed by atoms with E-state index in [1.54, 1.807) is 19.1 Å². The number of benzene rings is 1. The van der Waals surface area contributed by atoms with Crippen LogP contribution in [-0.4, -0.2) is 43.7 Å². The molecule has 1 aliphatic heterocycles. The van der Waals surface area contributed by atoms with Gasteiger partial charge in [0.15, 0.2) is 0 Å². The summed E-state index contributed by atoms with van der Waals surface area (Å²) in [6.07, 6.45) is 0.561. The van der Waals surface area contributed by atoms with E-state index in [9.17, 15) is 4.79 Å². The predicted octanol–water partition coefficient (Wildman–Crippen LogP) is 1.53. The normalized spacial score (nSPS) is 21.8. The Morgan fingerprint density at radius 3 is 2.95 bits per heavy atom. The first-order chi connectivity index (χ1) is 9.46. The SMILES string of the molecule is COc1ccc(Br)cc1CN(C)C(=O)C1(N)CCOC1. The summed E-state index contributed by atoms with van der Waals surface area (Å²) in [7, 11) is 3.36. The molecular formula is C14H19BrN2O3. The highest BCUT2D eigenvalue weighted by Gasteiger charge is 2.40. The van der Waals surface area contributed by atoms with E-state index in [1.807, 2.05) is 18.2 Å². The minimum Gasteiger partial charge on any atom is -0.496 e. The van der Waals surface area contributed by atoms with Gasteiger partial charge in [0.1, 0.15) is 11.3 Å². The fraction of sp³-hybridized carbons (Fsp3) is 0.500. The van der Waals surface area contributed by atoms with Crippen LogP contribution in [-0.2, 0) is 16.1 Å². The van der Waals surface area contributed by atoms with Crippen LogP contribution in [0.1, 0.15) is 12.0 Å². The third kappa shape index (κ3) is 3.13. The van der Waals surface area contributed by atoms with E-state index in [1.165, 1.54) is 0 Å². The second-order valence-corrected chi connectivity index (χ2v) is 5.99. The molecule has 1 aromatic rings. The number of halogens is 1. The number of carbonyl (C=O) groups excluding carboxylic acids is 1. The van der Waals surface area contributed by atoms with Crippen molar-refractivity contribution in [1.82, 2.24) is 4.90 Å². The smallest absolute Gasteiger partial charge is 0.245 e. The molecule has 0 spiro atoms. The lowest BCUT2D eigenvalue weighted by atomic mass is 9.98. The van der Waals surface area contributed by atoms with E-state index in [4.69, 9.17) is 15.2 Å². The van der Waals surface area contributed by atoms with Crippen molar-refractivity contribution >= 4 is 21.8 Å². The van der Waals surface area contributed by atoms with Crippen LogP contribution < -0.4 is 10.5 Å². The molecule has 1 heterocycles. The predicted molar refractivity (Wildman–Crippen MR) is 79.5 cm³/mol. The molecular weight excluding hydrogens is 324 g/mol. The number of nitrogens with zero attached hydrogens (tertiary/aromatic N) is 1. The van der Waals surface area contributed by atoms with Crippen molar-refractivity contribution < 1.29 is 14.3 Å². The van der Waals surface area contributed by atoms with Crippen LogP contribution in [0.2, 0.25) is 0 Å². The third-order valence-electron chi connectivity index (χ3n) is 3.47. The third-order valence-corrected chi connectivity index (χ3v) is 3.97. The second kappa shape index (κ2) is 6.11.